The van der Waals surface area contributed by atoms with E-state index in [1.165, 1.54) is 67.0 Å². The summed E-state index contributed by atoms with van der Waals surface area (Å²) < 4.78 is 1.58. The predicted octanol–water partition coefficient (Wildman–Crippen LogP) is 3.43. The summed E-state index contributed by atoms with van der Waals surface area (Å²) in [6, 6.07) is 0.461. The molecule has 1 aliphatic carbocycles. The van der Waals surface area contributed by atoms with E-state index < -0.39 is 0 Å². The van der Waals surface area contributed by atoms with E-state index in [4.69, 9.17) is 0 Å². The Balaban J connectivity index is 1.44. The second-order valence-corrected chi connectivity index (χ2v) is 10.5. The van der Waals surface area contributed by atoms with Gasteiger partial charge in [0.25, 0.3) is 0 Å². The minimum Gasteiger partial charge on any atom is -0.355 e. The van der Waals surface area contributed by atoms with Gasteiger partial charge in [0.1, 0.15) is 0 Å². The van der Waals surface area contributed by atoms with Gasteiger partial charge in [-0.15, -0.1) is 10.2 Å². The third-order valence-corrected chi connectivity index (χ3v) is 8.34. The smallest absolute Gasteiger partial charge is 0.233 e. The average Bonchev–Trinajstić information content (AvgIpc) is 3.16. The van der Waals surface area contributed by atoms with Gasteiger partial charge in [0.15, 0.2) is 8.68 Å². The number of thioether (sulfide) groups is 2. The zero-order valence-electron chi connectivity index (χ0n) is 15.8. The molecule has 1 saturated carbocycles. The van der Waals surface area contributed by atoms with Crippen LogP contribution in [0.25, 0.3) is 0 Å². The van der Waals surface area contributed by atoms with Crippen molar-refractivity contribution in [3.63, 3.8) is 0 Å². The quantitative estimate of drug-likeness (QED) is 0.640. The number of amides is 2. The van der Waals surface area contributed by atoms with Crippen LogP contribution >= 0.6 is 34.9 Å². The highest BCUT2D eigenvalue weighted by Crippen LogP contribution is 2.36. The molecule has 0 bridgehead atoms. The molecule has 1 aromatic rings. The molecule has 6 nitrogen and oxygen atoms in total. The first-order valence-corrected chi connectivity index (χ1v) is 12.6. The molecule has 27 heavy (non-hydrogen) atoms. The van der Waals surface area contributed by atoms with Gasteiger partial charge in [-0.2, -0.15) is 0 Å². The van der Waals surface area contributed by atoms with Gasteiger partial charge in [-0.3, -0.25) is 9.59 Å². The van der Waals surface area contributed by atoms with Crippen molar-refractivity contribution in [3.8, 4) is 0 Å². The topological polar surface area (TPSA) is 75.2 Å². The van der Waals surface area contributed by atoms with Crippen molar-refractivity contribution in [1.29, 1.82) is 0 Å². The fourth-order valence-electron chi connectivity index (χ4n) is 3.90. The molecule has 2 aliphatic rings. The molecule has 0 aromatic carbocycles. The Morgan fingerprint density at radius 2 is 1.81 bits per heavy atom. The number of hydrogen-bond donors (Lipinski definition) is 1. The molecule has 2 atom stereocenters. The summed E-state index contributed by atoms with van der Waals surface area (Å²) in [5.74, 6) is 1.76. The summed E-state index contributed by atoms with van der Waals surface area (Å²) in [6.07, 6.45) is 8.37. The Labute approximate surface area is 173 Å². The zero-order chi connectivity index (χ0) is 19.1. The lowest BCUT2D eigenvalue weighted by Crippen LogP contribution is -2.50. The van der Waals surface area contributed by atoms with Gasteiger partial charge in [0.2, 0.25) is 11.8 Å². The van der Waals surface area contributed by atoms with E-state index in [0.29, 0.717) is 30.0 Å². The van der Waals surface area contributed by atoms with Gasteiger partial charge in [-0.25, -0.2) is 0 Å². The van der Waals surface area contributed by atoms with Crippen LogP contribution in [0.15, 0.2) is 8.68 Å². The number of piperidine rings is 1. The van der Waals surface area contributed by atoms with Crippen molar-refractivity contribution in [3.05, 3.63) is 0 Å². The highest BCUT2D eigenvalue weighted by atomic mass is 32.2. The van der Waals surface area contributed by atoms with Crippen molar-refractivity contribution >= 4 is 46.7 Å². The minimum absolute atomic E-state index is 0.0218. The van der Waals surface area contributed by atoms with Gasteiger partial charge in [-0.1, -0.05) is 54.6 Å². The molecule has 1 aliphatic heterocycles. The van der Waals surface area contributed by atoms with Gasteiger partial charge >= 0.3 is 0 Å². The molecule has 1 aromatic heterocycles. The van der Waals surface area contributed by atoms with Crippen molar-refractivity contribution in [1.82, 2.24) is 20.4 Å². The molecule has 0 spiro atoms. The van der Waals surface area contributed by atoms with Crippen molar-refractivity contribution in [2.24, 2.45) is 5.92 Å². The molecule has 2 unspecified atom stereocenters. The van der Waals surface area contributed by atoms with Crippen LogP contribution in [0.1, 0.15) is 51.9 Å². The van der Waals surface area contributed by atoms with E-state index in [1.807, 2.05) is 6.92 Å². The monoisotopic (exact) mass is 428 g/mol. The normalized spacial score (nSPS) is 22.3. The molecule has 150 valence electrons. The van der Waals surface area contributed by atoms with Crippen molar-refractivity contribution in [2.75, 3.05) is 24.6 Å². The molecule has 2 fully saturated rings. The summed E-state index contributed by atoms with van der Waals surface area (Å²) in [5.41, 5.74) is 0. The fourth-order valence-corrected chi connectivity index (χ4v) is 6.63. The molecular formula is C18H28N4O2S3. The third kappa shape index (κ3) is 6.09. The zero-order valence-corrected chi connectivity index (χ0v) is 18.3. The lowest BCUT2D eigenvalue weighted by Gasteiger charge is -2.44. The highest BCUT2D eigenvalue weighted by Gasteiger charge is 2.35. The summed E-state index contributed by atoms with van der Waals surface area (Å²) in [4.78, 5) is 26.5. The van der Waals surface area contributed by atoms with Crippen LogP contribution in [0.4, 0.5) is 0 Å². The Bertz CT molecular complexity index is 638. The Morgan fingerprint density at radius 3 is 2.59 bits per heavy atom. The maximum Gasteiger partial charge on any atom is 0.233 e. The number of fused-ring (bicyclic) bond motifs is 1. The summed E-state index contributed by atoms with van der Waals surface area (Å²) >= 11 is 4.33. The number of carbonyl (C=O) groups is 2. The largest absolute Gasteiger partial charge is 0.355 e. The number of hydrogen-bond acceptors (Lipinski definition) is 7. The molecule has 9 heteroatoms. The van der Waals surface area contributed by atoms with E-state index in [9.17, 15) is 9.59 Å². The van der Waals surface area contributed by atoms with Crippen LogP contribution in [-0.2, 0) is 9.59 Å². The summed E-state index contributed by atoms with van der Waals surface area (Å²) in [7, 11) is 0. The number of nitrogens with zero attached hydrogens (tertiary/aromatic N) is 3. The molecule has 0 radical (unpaired) electrons. The second kappa shape index (κ2) is 10.7. The standard InChI is InChI=1S/C18H28N4O2S3/c1-2-9-19-15(23)11-25-17-20-21-18(27-17)26-12-16(24)22-10-5-7-13-6-3-4-8-14(13)22/h13-14H,2-12H2,1H3,(H,19,23). The number of aromatic nitrogens is 2. The van der Waals surface area contributed by atoms with Gasteiger partial charge in [0.05, 0.1) is 11.5 Å². The number of rotatable bonds is 8. The van der Waals surface area contributed by atoms with E-state index in [2.05, 4.69) is 20.4 Å². The first kappa shape index (κ1) is 20.9. The van der Waals surface area contributed by atoms with E-state index >= 15 is 0 Å². The molecule has 2 amide bonds. The highest BCUT2D eigenvalue weighted by molar-refractivity contribution is 8.03. The van der Waals surface area contributed by atoms with Crippen LogP contribution in [-0.4, -0.2) is 57.5 Å². The molecule has 2 heterocycles. The Hall–Kier alpha value is -0.800. The third-order valence-electron chi connectivity index (χ3n) is 5.17. The lowest BCUT2D eigenvalue weighted by atomic mass is 9.78. The van der Waals surface area contributed by atoms with Crippen LogP contribution in [0.2, 0.25) is 0 Å². The Kier molecular flexibility index (Phi) is 8.26. The first-order chi connectivity index (χ1) is 13.2. The van der Waals surface area contributed by atoms with E-state index in [0.717, 1.165) is 28.1 Å². The molecular weight excluding hydrogens is 400 g/mol. The molecule has 3 rings (SSSR count). The number of nitrogens with one attached hydrogen (secondary N) is 1. The maximum atomic E-state index is 12.8. The Morgan fingerprint density at radius 1 is 1.11 bits per heavy atom. The average molecular weight is 429 g/mol. The molecule has 1 N–H and O–H groups in total. The van der Waals surface area contributed by atoms with Crippen LogP contribution in [0, 0.1) is 5.92 Å². The lowest BCUT2D eigenvalue weighted by molar-refractivity contribution is -0.134. The second-order valence-electron chi connectivity index (χ2n) is 7.10. The maximum absolute atomic E-state index is 12.8. The van der Waals surface area contributed by atoms with Crippen LogP contribution < -0.4 is 5.32 Å². The van der Waals surface area contributed by atoms with Gasteiger partial charge < -0.3 is 10.2 Å². The summed E-state index contributed by atoms with van der Waals surface area (Å²) in [5, 5.41) is 11.1. The van der Waals surface area contributed by atoms with Gasteiger partial charge in [0, 0.05) is 19.1 Å². The predicted molar refractivity (Wildman–Crippen MR) is 111 cm³/mol. The van der Waals surface area contributed by atoms with Crippen LogP contribution in [0.5, 0.6) is 0 Å². The van der Waals surface area contributed by atoms with E-state index in [1.54, 1.807) is 0 Å². The number of likely N-dealkylation sites (tertiary alicyclic amines) is 1. The van der Waals surface area contributed by atoms with Crippen molar-refractivity contribution < 1.29 is 9.59 Å². The van der Waals surface area contributed by atoms with E-state index in [-0.39, 0.29) is 11.8 Å². The number of carbonyl (C=O) groups excluding carboxylic acids is 2. The first-order valence-electron chi connectivity index (χ1n) is 9.82. The SMILES string of the molecule is CCCNC(=O)CSc1nnc(SCC(=O)N2CCCC3CCCCC32)s1. The fraction of sp³-hybridized carbons (Fsp3) is 0.778. The van der Waals surface area contributed by atoms with Crippen LogP contribution in [0.3, 0.4) is 0 Å². The molecule has 1 saturated heterocycles. The van der Waals surface area contributed by atoms with Gasteiger partial charge in [-0.05, 0) is 38.0 Å². The minimum atomic E-state index is 0.0218. The summed E-state index contributed by atoms with van der Waals surface area (Å²) in [6.45, 7) is 3.64. The van der Waals surface area contributed by atoms with Crippen molar-refractivity contribution in [2.45, 2.75) is 66.6 Å².